The number of fused-ring (bicyclic) bond motifs is 4. The van der Waals surface area contributed by atoms with Gasteiger partial charge < -0.3 is 10.4 Å². The average Bonchev–Trinajstić information content (AvgIpc) is 3.26. The number of hydrogen-bond donors (Lipinski definition) is 3. The van der Waals surface area contributed by atoms with Gasteiger partial charge in [-0.1, -0.05) is 24.3 Å². The Kier molecular flexibility index (Phi) is 3.94. The van der Waals surface area contributed by atoms with Crippen molar-refractivity contribution in [1.29, 1.82) is 0 Å². The van der Waals surface area contributed by atoms with Crippen LogP contribution in [0.25, 0.3) is 0 Å². The van der Waals surface area contributed by atoms with E-state index in [0.717, 1.165) is 11.1 Å². The summed E-state index contributed by atoms with van der Waals surface area (Å²) >= 11 is 0. The van der Waals surface area contributed by atoms with Crippen LogP contribution in [-0.2, 0) is 19.9 Å². The van der Waals surface area contributed by atoms with E-state index >= 15 is 0 Å². The first kappa shape index (κ1) is 19.0. The maximum absolute atomic E-state index is 13.7. The minimum Gasteiger partial charge on any atom is -0.392 e. The van der Waals surface area contributed by atoms with E-state index < -0.39 is 35.4 Å². The third kappa shape index (κ3) is 2.30. The number of rotatable bonds is 2. The lowest BCUT2D eigenvalue weighted by molar-refractivity contribution is -0.130. The van der Waals surface area contributed by atoms with Crippen LogP contribution >= 0.6 is 0 Å². The fraction of sp³-hybridized carbons (Fsp3) is 0.348. The van der Waals surface area contributed by atoms with Gasteiger partial charge in [0.2, 0.25) is 17.7 Å². The van der Waals surface area contributed by atoms with Crippen LogP contribution in [0.4, 0.5) is 11.4 Å². The predicted molar refractivity (Wildman–Crippen MR) is 111 cm³/mol. The van der Waals surface area contributed by atoms with Gasteiger partial charge in [0.05, 0.1) is 23.6 Å². The maximum atomic E-state index is 13.7. The van der Waals surface area contributed by atoms with Gasteiger partial charge in [-0.3, -0.25) is 19.7 Å². The molecule has 1 spiro atoms. The smallest absolute Gasteiger partial charge is 0.250 e. The maximum Gasteiger partial charge on any atom is 0.250 e. The van der Waals surface area contributed by atoms with E-state index in [4.69, 9.17) is 0 Å². The SMILES string of the molecule is Cc1cc(C)cc(N2C(=O)[C@H]3[C@H]([C@@H](C)O)N[C@@]4(C(=O)Nc5ccccc54)[C@@H]3C2=O)c1. The third-order valence-electron chi connectivity index (χ3n) is 6.54. The number of nitrogens with one attached hydrogen (secondary N) is 2. The molecule has 0 aliphatic carbocycles. The fourth-order valence-electron chi connectivity index (χ4n) is 5.44. The number of aryl methyl sites for hydroxylation is 2. The zero-order chi connectivity index (χ0) is 21.4. The van der Waals surface area contributed by atoms with Crippen molar-refractivity contribution >= 4 is 29.1 Å². The highest BCUT2D eigenvalue weighted by Gasteiger charge is 2.71. The van der Waals surface area contributed by atoms with Crippen molar-refractivity contribution in [2.75, 3.05) is 10.2 Å². The lowest BCUT2D eigenvalue weighted by atomic mass is 9.76. The van der Waals surface area contributed by atoms with E-state index in [1.165, 1.54) is 4.90 Å². The molecule has 154 valence electrons. The summed E-state index contributed by atoms with van der Waals surface area (Å²) in [6.07, 6.45) is -0.923. The molecule has 7 heteroatoms. The quantitative estimate of drug-likeness (QED) is 0.660. The number of amides is 3. The molecule has 0 unspecified atom stereocenters. The molecule has 0 bridgehead atoms. The van der Waals surface area contributed by atoms with Gasteiger partial charge >= 0.3 is 0 Å². The molecule has 30 heavy (non-hydrogen) atoms. The third-order valence-corrected chi connectivity index (χ3v) is 6.54. The van der Waals surface area contributed by atoms with Gasteiger partial charge in [-0.05, 0) is 50.1 Å². The summed E-state index contributed by atoms with van der Waals surface area (Å²) in [6.45, 7) is 5.39. The number of nitrogens with zero attached hydrogens (tertiary/aromatic N) is 1. The first-order chi connectivity index (χ1) is 14.3. The van der Waals surface area contributed by atoms with Crippen LogP contribution in [0.1, 0.15) is 23.6 Å². The molecule has 5 rings (SSSR count). The largest absolute Gasteiger partial charge is 0.392 e. The molecule has 0 radical (unpaired) electrons. The van der Waals surface area contributed by atoms with E-state index in [2.05, 4.69) is 10.6 Å². The highest BCUT2D eigenvalue weighted by molar-refractivity contribution is 6.25. The topological polar surface area (TPSA) is 98.7 Å². The Hall–Kier alpha value is -3.03. The van der Waals surface area contributed by atoms with Gasteiger partial charge in [0, 0.05) is 17.3 Å². The van der Waals surface area contributed by atoms with Crippen molar-refractivity contribution < 1.29 is 19.5 Å². The summed E-state index contributed by atoms with van der Waals surface area (Å²) in [7, 11) is 0. The molecule has 2 fully saturated rings. The summed E-state index contributed by atoms with van der Waals surface area (Å²) in [5, 5.41) is 16.5. The molecule has 2 saturated heterocycles. The predicted octanol–water partition coefficient (Wildman–Crippen LogP) is 1.61. The number of anilines is 2. The molecule has 0 saturated carbocycles. The number of benzene rings is 2. The lowest BCUT2D eigenvalue weighted by Gasteiger charge is -2.30. The molecule has 2 aromatic rings. The molecule has 3 amide bonds. The highest BCUT2D eigenvalue weighted by atomic mass is 16.3. The van der Waals surface area contributed by atoms with Gasteiger partial charge in [-0.2, -0.15) is 0 Å². The van der Waals surface area contributed by atoms with E-state index in [-0.39, 0.29) is 11.8 Å². The number of carbonyl (C=O) groups is 3. The standard InChI is InChI=1S/C23H23N3O4/c1-11-8-12(2)10-14(9-11)26-20(28)17-18(21(26)29)23(25-19(17)13(3)27)15-6-4-5-7-16(15)24-22(23)30/h4-10,13,17-19,25,27H,1-3H3,(H,24,30)/t13-,17-,18+,19+,23-/m1/s1. The van der Waals surface area contributed by atoms with Crippen molar-refractivity contribution in [1.82, 2.24) is 5.32 Å². The van der Waals surface area contributed by atoms with Crippen LogP contribution < -0.4 is 15.5 Å². The first-order valence-corrected chi connectivity index (χ1v) is 10.1. The van der Waals surface area contributed by atoms with Crippen LogP contribution in [0, 0.1) is 25.7 Å². The molecule has 3 N–H and O–H groups in total. The Morgan fingerprint density at radius 3 is 2.37 bits per heavy atom. The van der Waals surface area contributed by atoms with Gasteiger partial charge in [0.1, 0.15) is 5.54 Å². The minimum atomic E-state index is -1.39. The molecular formula is C23H23N3O4. The van der Waals surface area contributed by atoms with E-state index in [9.17, 15) is 19.5 Å². The number of para-hydroxylation sites is 1. The van der Waals surface area contributed by atoms with E-state index in [0.29, 0.717) is 16.9 Å². The van der Waals surface area contributed by atoms with Crippen LogP contribution in [0.15, 0.2) is 42.5 Å². The molecule has 2 aromatic carbocycles. The van der Waals surface area contributed by atoms with Crippen molar-refractivity contribution in [3.63, 3.8) is 0 Å². The molecular weight excluding hydrogens is 382 g/mol. The van der Waals surface area contributed by atoms with E-state index in [1.807, 2.05) is 19.9 Å². The zero-order valence-electron chi connectivity index (χ0n) is 17.0. The summed E-state index contributed by atoms with van der Waals surface area (Å²) in [5.41, 5.74) is 2.24. The van der Waals surface area contributed by atoms with Gasteiger partial charge in [-0.15, -0.1) is 0 Å². The first-order valence-electron chi connectivity index (χ1n) is 10.1. The van der Waals surface area contributed by atoms with Crippen molar-refractivity contribution in [3.8, 4) is 0 Å². The van der Waals surface area contributed by atoms with Crippen LogP contribution in [0.5, 0.6) is 0 Å². The molecule has 0 aromatic heterocycles. The van der Waals surface area contributed by atoms with Gasteiger partial charge in [-0.25, -0.2) is 4.90 Å². The second-order valence-electron chi connectivity index (χ2n) is 8.58. The van der Waals surface area contributed by atoms with E-state index in [1.54, 1.807) is 43.3 Å². The minimum absolute atomic E-state index is 0.370. The van der Waals surface area contributed by atoms with Gasteiger partial charge in [0.25, 0.3) is 0 Å². The normalized spacial score (nSPS) is 30.6. The number of aliphatic hydroxyl groups excluding tert-OH is 1. The fourth-order valence-corrected chi connectivity index (χ4v) is 5.44. The Labute approximate surface area is 174 Å². The van der Waals surface area contributed by atoms with Crippen LogP contribution in [-0.4, -0.2) is 35.0 Å². The number of carbonyl (C=O) groups excluding carboxylic acids is 3. The van der Waals surface area contributed by atoms with Crippen molar-refractivity contribution in [2.24, 2.45) is 11.8 Å². The summed E-state index contributed by atoms with van der Waals surface area (Å²) in [4.78, 5) is 41.7. The van der Waals surface area contributed by atoms with Crippen molar-refractivity contribution in [3.05, 3.63) is 59.2 Å². The van der Waals surface area contributed by atoms with Crippen LogP contribution in [0.2, 0.25) is 0 Å². The molecule has 7 nitrogen and oxygen atoms in total. The second kappa shape index (κ2) is 6.23. The molecule has 3 aliphatic rings. The highest BCUT2D eigenvalue weighted by Crippen LogP contribution is 2.53. The van der Waals surface area contributed by atoms with Gasteiger partial charge in [0.15, 0.2) is 0 Å². The Morgan fingerprint density at radius 2 is 1.70 bits per heavy atom. The monoisotopic (exact) mass is 405 g/mol. The Bertz CT molecular complexity index is 1090. The van der Waals surface area contributed by atoms with Crippen LogP contribution in [0.3, 0.4) is 0 Å². The second-order valence-corrected chi connectivity index (χ2v) is 8.58. The average molecular weight is 405 g/mol. The number of hydrogen-bond acceptors (Lipinski definition) is 5. The molecule has 5 atom stereocenters. The summed E-state index contributed by atoms with van der Waals surface area (Å²) in [5.74, 6) is -2.95. The summed E-state index contributed by atoms with van der Waals surface area (Å²) < 4.78 is 0. The Balaban J connectivity index is 1.70. The molecule has 3 heterocycles. The lowest BCUT2D eigenvalue weighted by Crippen LogP contribution is -2.54. The Morgan fingerprint density at radius 1 is 1.03 bits per heavy atom. The molecule has 3 aliphatic heterocycles. The number of aliphatic hydroxyl groups is 1. The van der Waals surface area contributed by atoms with Crippen molar-refractivity contribution in [2.45, 2.75) is 38.5 Å². The number of imide groups is 1. The summed E-state index contributed by atoms with van der Waals surface area (Å²) in [6, 6.07) is 12.0. The zero-order valence-corrected chi connectivity index (χ0v) is 17.0.